The molecule has 0 saturated carbocycles. The molecule has 0 aliphatic carbocycles. The van der Waals surface area contributed by atoms with Gasteiger partial charge in [0.1, 0.15) is 0 Å². The summed E-state index contributed by atoms with van der Waals surface area (Å²) in [7, 11) is 0. The molecular formula is C11H24O3. The highest BCUT2D eigenvalue weighted by molar-refractivity contribution is 4.86. The molecule has 3 N–H and O–H groups in total. The molecule has 14 heavy (non-hydrogen) atoms. The van der Waals surface area contributed by atoms with Crippen molar-refractivity contribution in [2.24, 2.45) is 0 Å². The van der Waals surface area contributed by atoms with Crippen molar-refractivity contribution in [2.75, 3.05) is 0 Å². The van der Waals surface area contributed by atoms with Crippen LogP contribution in [0.15, 0.2) is 12.2 Å². The Morgan fingerprint density at radius 3 is 1.86 bits per heavy atom. The Kier molecular flexibility index (Phi) is 12.3. The first-order chi connectivity index (χ1) is 6.43. The van der Waals surface area contributed by atoms with E-state index in [2.05, 4.69) is 0 Å². The van der Waals surface area contributed by atoms with Crippen LogP contribution in [0.25, 0.3) is 0 Å². The summed E-state index contributed by atoms with van der Waals surface area (Å²) in [5.41, 5.74) is 0. The van der Waals surface area contributed by atoms with E-state index >= 15 is 0 Å². The minimum absolute atomic E-state index is 0.167. The van der Waals surface area contributed by atoms with Gasteiger partial charge in [-0.05, 0) is 27.2 Å². The Morgan fingerprint density at radius 1 is 1.14 bits per heavy atom. The summed E-state index contributed by atoms with van der Waals surface area (Å²) in [6.45, 7) is 7.19. The van der Waals surface area contributed by atoms with Gasteiger partial charge in [-0.1, -0.05) is 19.1 Å². The highest BCUT2D eigenvalue weighted by Gasteiger charge is 2.05. The van der Waals surface area contributed by atoms with E-state index in [1.165, 1.54) is 0 Å². The molecule has 86 valence electrons. The van der Waals surface area contributed by atoms with Gasteiger partial charge in [0.05, 0.1) is 12.2 Å². The molecule has 0 radical (unpaired) electrons. The lowest BCUT2D eigenvalue weighted by molar-refractivity contribution is 0.101. The van der Waals surface area contributed by atoms with Crippen molar-refractivity contribution in [3.05, 3.63) is 12.2 Å². The molecule has 0 heterocycles. The van der Waals surface area contributed by atoms with Gasteiger partial charge in [0.2, 0.25) is 0 Å². The Labute approximate surface area is 87.1 Å². The van der Waals surface area contributed by atoms with E-state index in [9.17, 15) is 0 Å². The molecule has 0 bridgehead atoms. The van der Waals surface area contributed by atoms with Gasteiger partial charge in [-0.15, -0.1) is 0 Å². The van der Waals surface area contributed by atoms with Gasteiger partial charge in [-0.3, -0.25) is 0 Å². The van der Waals surface area contributed by atoms with E-state index in [-0.39, 0.29) is 12.2 Å². The van der Waals surface area contributed by atoms with Crippen LogP contribution in [0.5, 0.6) is 0 Å². The molecule has 3 nitrogen and oxygen atoms in total. The van der Waals surface area contributed by atoms with Crippen LogP contribution >= 0.6 is 0 Å². The highest BCUT2D eigenvalue weighted by atomic mass is 16.3. The average Bonchev–Trinajstić information content (AvgIpc) is 2.03. The largest absolute Gasteiger partial charge is 0.394 e. The van der Waals surface area contributed by atoms with Crippen LogP contribution in [0.3, 0.4) is 0 Å². The van der Waals surface area contributed by atoms with Crippen molar-refractivity contribution in [2.45, 2.75) is 58.8 Å². The summed E-state index contributed by atoms with van der Waals surface area (Å²) in [6, 6.07) is 0. The third kappa shape index (κ3) is 17.6. The van der Waals surface area contributed by atoms with Crippen molar-refractivity contribution in [1.29, 1.82) is 0 Å². The lowest BCUT2D eigenvalue weighted by Gasteiger charge is -2.09. The van der Waals surface area contributed by atoms with Crippen LogP contribution in [0, 0.1) is 0 Å². The number of aliphatic hydroxyl groups is 3. The molecule has 0 amide bonds. The predicted molar refractivity (Wildman–Crippen MR) is 59.1 cm³/mol. The van der Waals surface area contributed by atoms with Gasteiger partial charge >= 0.3 is 0 Å². The fourth-order valence-electron chi connectivity index (χ4n) is 0.746. The normalized spacial score (nSPS) is 15.1. The maximum Gasteiger partial charge on any atom is 0.0745 e. The zero-order valence-corrected chi connectivity index (χ0v) is 9.64. The number of aliphatic hydroxyl groups excluding tert-OH is 3. The lowest BCUT2D eigenvalue weighted by atomic mass is 10.1. The van der Waals surface area contributed by atoms with Crippen LogP contribution in [0.2, 0.25) is 0 Å². The average molecular weight is 204 g/mol. The van der Waals surface area contributed by atoms with Crippen molar-refractivity contribution in [1.82, 2.24) is 0 Å². The molecule has 0 rings (SSSR count). The van der Waals surface area contributed by atoms with Crippen LogP contribution in [0.4, 0.5) is 0 Å². The molecular weight excluding hydrogens is 180 g/mol. The second kappa shape index (κ2) is 10.7. The number of hydrogen-bond acceptors (Lipinski definition) is 3. The van der Waals surface area contributed by atoms with Crippen molar-refractivity contribution in [3.63, 3.8) is 0 Å². The van der Waals surface area contributed by atoms with Crippen LogP contribution < -0.4 is 0 Å². The van der Waals surface area contributed by atoms with E-state index in [0.717, 1.165) is 0 Å². The maximum absolute atomic E-state index is 9.10. The van der Waals surface area contributed by atoms with Gasteiger partial charge in [0, 0.05) is 12.5 Å². The molecule has 3 heteroatoms. The molecule has 0 spiro atoms. The molecule has 0 aromatic heterocycles. The Balaban J connectivity index is 0. The van der Waals surface area contributed by atoms with Gasteiger partial charge in [-0.2, -0.15) is 0 Å². The molecule has 2 unspecified atom stereocenters. The standard InChI is InChI=1S/C8H16O2.C3H8O/c1-3-5-8(10)6-7(9)4-2;1-3(2)4/h3,5,7-10H,4,6H2,1-2H3;3-4H,1-2H3/b5-3+;. The zero-order chi connectivity index (χ0) is 11.6. The third-order valence-corrected chi connectivity index (χ3v) is 1.40. The van der Waals surface area contributed by atoms with E-state index in [4.69, 9.17) is 15.3 Å². The first-order valence-corrected chi connectivity index (χ1v) is 5.11. The van der Waals surface area contributed by atoms with Crippen molar-refractivity contribution in [3.8, 4) is 0 Å². The summed E-state index contributed by atoms with van der Waals surface area (Å²) in [4.78, 5) is 0. The van der Waals surface area contributed by atoms with Crippen LogP contribution in [0.1, 0.15) is 40.5 Å². The lowest BCUT2D eigenvalue weighted by Crippen LogP contribution is -2.14. The summed E-state index contributed by atoms with van der Waals surface area (Å²) in [5.74, 6) is 0. The number of hydrogen-bond donors (Lipinski definition) is 3. The SMILES string of the molecule is C/C=C/C(O)CC(O)CC.CC(C)O. The first kappa shape index (κ1) is 16.1. The van der Waals surface area contributed by atoms with Crippen molar-refractivity contribution >= 4 is 0 Å². The fourth-order valence-corrected chi connectivity index (χ4v) is 0.746. The van der Waals surface area contributed by atoms with E-state index in [1.807, 2.05) is 13.8 Å². The fraction of sp³-hybridized carbons (Fsp3) is 0.818. The third-order valence-electron chi connectivity index (χ3n) is 1.40. The van der Waals surface area contributed by atoms with Crippen LogP contribution in [-0.4, -0.2) is 33.6 Å². The molecule has 0 aromatic carbocycles. The summed E-state index contributed by atoms with van der Waals surface area (Å²) >= 11 is 0. The quantitative estimate of drug-likeness (QED) is 0.608. The molecule has 0 fully saturated rings. The van der Waals surface area contributed by atoms with Gasteiger partial charge < -0.3 is 15.3 Å². The van der Waals surface area contributed by atoms with E-state index in [0.29, 0.717) is 12.8 Å². The minimum Gasteiger partial charge on any atom is -0.394 e. The summed E-state index contributed by atoms with van der Waals surface area (Å²) in [6.07, 6.45) is 3.59. The predicted octanol–water partition coefficient (Wildman–Crippen LogP) is 1.47. The first-order valence-electron chi connectivity index (χ1n) is 5.11. The van der Waals surface area contributed by atoms with Gasteiger partial charge in [-0.25, -0.2) is 0 Å². The smallest absolute Gasteiger partial charge is 0.0745 e. The molecule has 0 aromatic rings. The Morgan fingerprint density at radius 2 is 1.57 bits per heavy atom. The number of rotatable bonds is 4. The molecule has 0 aliphatic heterocycles. The zero-order valence-electron chi connectivity index (χ0n) is 9.64. The monoisotopic (exact) mass is 204 g/mol. The summed E-state index contributed by atoms with van der Waals surface area (Å²) < 4.78 is 0. The molecule has 0 aliphatic rings. The molecule has 2 atom stereocenters. The highest BCUT2D eigenvalue weighted by Crippen LogP contribution is 2.02. The second-order valence-corrected chi connectivity index (χ2v) is 3.48. The minimum atomic E-state index is -0.486. The molecule has 0 saturated heterocycles. The maximum atomic E-state index is 9.10. The Hall–Kier alpha value is -0.380. The van der Waals surface area contributed by atoms with Gasteiger partial charge in [0.15, 0.2) is 0 Å². The van der Waals surface area contributed by atoms with E-state index in [1.54, 1.807) is 26.0 Å². The number of allylic oxidation sites excluding steroid dienone is 1. The Bertz CT molecular complexity index is 130. The summed E-state index contributed by atoms with van der Waals surface area (Å²) in [5, 5.41) is 26.2. The second-order valence-electron chi connectivity index (χ2n) is 3.48. The van der Waals surface area contributed by atoms with E-state index < -0.39 is 6.10 Å². The van der Waals surface area contributed by atoms with Gasteiger partial charge in [0.25, 0.3) is 0 Å². The van der Waals surface area contributed by atoms with Crippen molar-refractivity contribution < 1.29 is 15.3 Å². The van der Waals surface area contributed by atoms with Crippen LogP contribution in [-0.2, 0) is 0 Å². The topological polar surface area (TPSA) is 60.7 Å².